The van der Waals surface area contributed by atoms with Crippen LogP contribution >= 0.6 is 0 Å². The van der Waals surface area contributed by atoms with Crippen molar-refractivity contribution in [1.82, 2.24) is 0 Å². The van der Waals surface area contributed by atoms with Crippen molar-refractivity contribution >= 4 is 49.7 Å². The molecule has 0 amide bonds. The van der Waals surface area contributed by atoms with Crippen molar-refractivity contribution in [1.29, 1.82) is 0 Å². The SMILES string of the molecule is CC(O)C(=O)OC(C)C(=O)O.[Ca+2].[H-].[H-].[Zn]. The molecular weight excluding hydrogens is 258 g/mol. The molecule has 0 spiro atoms. The van der Waals surface area contributed by atoms with Crippen LogP contribution in [0.5, 0.6) is 0 Å². The van der Waals surface area contributed by atoms with E-state index in [1.54, 1.807) is 0 Å². The zero-order chi connectivity index (χ0) is 9.02. The van der Waals surface area contributed by atoms with Crippen molar-refractivity contribution in [2.24, 2.45) is 0 Å². The maximum atomic E-state index is 10.5. The number of esters is 1. The van der Waals surface area contributed by atoms with Gasteiger partial charge in [-0.2, -0.15) is 0 Å². The van der Waals surface area contributed by atoms with Crippen LogP contribution in [-0.4, -0.2) is 72.1 Å². The Hall–Kier alpha value is 0.783. The largest absolute Gasteiger partial charge is 2.00 e. The van der Waals surface area contributed by atoms with Crippen LogP contribution in [0.4, 0.5) is 0 Å². The van der Waals surface area contributed by atoms with Gasteiger partial charge in [0.25, 0.3) is 0 Å². The molecule has 0 aliphatic rings. The van der Waals surface area contributed by atoms with Crippen molar-refractivity contribution in [3.8, 4) is 0 Å². The van der Waals surface area contributed by atoms with Crippen LogP contribution in [0.15, 0.2) is 0 Å². The van der Waals surface area contributed by atoms with Gasteiger partial charge in [0.15, 0.2) is 6.10 Å². The topological polar surface area (TPSA) is 83.8 Å². The van der Waals surface area contributed by atoms with Crippen LogP contribution in [0.2, 0.25) is 0 Å². The van der Waals surface area contributed by atoms with E-state index < -0.39 is 24.1 Å². The molecule has 2 atom stereocenters. The fourth-order valence-electron chi connectivity index (χ4n) is 0.323. The molecule has 0 aromatic rings. The molecular formula is C6H12CaO5Zn. The molecule has 0 fully saturated rings. The molecule has 0 bridgehead atoms. The Balaban J connectivity index is -0.0000000833. The number of hydrogen-bond acceptors (Lipinski definition) is 4. The van der Waals surface area contributed by atoms with Crippen LogP contribution in [0.1, 0.15) is 16.7 Å². The first-order valence-electron chi connectivity index (χ1n) is 3.06. The molecule has 7 heteroatoms. The van der Waals surface area contributed by atoms with Gasteiger partial charge in [-0.25, -0.2) is 9.59 Å². The van der Waals surface area contributed by atoms with Gasteiger partial charge in [0.1, 0.15) is 6.10 Å². The summed E-state index contributed by atoms with van der Waals surface area (Å²) in [5.74, 6) is -2.17. The van der Waals surface area contributed by atoms with Gasteiger partial charge in [-0.15, -0.1) is 0 Å². The molecule has 0 heterocycles. The number of aliphatic carboxylic acids is 1. The molecule has 0 saturated carbocycles. The second-order valence-electron chi connectivity index (χ2n) is 2.09. The third kappa shape index (κ3) is 9.10. The summed E-state index contributed by atoms with van der Waals surface area (Å²) in [6, 6.07) is 0. The maximum Gasteiger partial charge on any atom is 2.00 e. The number of aliphatic hydroxyl groups is 1. The van der Waals surface area contributed by atoms with E-state index in [1.807, 2.05) is 0 Å². The molecule has 0 aliphatic carbocycles. The van der Waals surface area contributed by atoms with E-state index >= 15 is 0 Å². The maximum absolute atomic E-state index is 10.5. The average Bonchev–Trinajstić information content (AvgIpc) is 1.87. The molecule has 2 unspecified atom stereocenters. The van der Waals surface area contributed by atoms with Gasteiger partial charge < -0.3 is 17.8 Å². The number of carbonyl (C=O) groups is 2. The number of carbonyl (C=O) groups excluding carboxylic acids is 1. The smallest absolute Gasteiger partial charge is 1.00 e. The van der Waals surface area contributed by atoms with Crippen LogP contribution in [0, 0.1) is 0 Å². The van der Waals surface area contributed by atoms with Gasteiger partial charge in [0, 0.05) is 19.5 Å². The summed E-state index contributed by atoms with van der Waals surface area (Å²) in [6.45, 7) is 2.42. The molecule has 0 aromatic heterocycles. The first-order valence-corrected chi connectivity index (χ1v) is 3.06. The Morgan fingerprint density at radius 3 is 2.00 bits per heavy atom. The third-order valence-corrected chi connectivity index (χ3v) is 0.982. The Morgan fingerprint density at radius 1 is 1.38 bits per heavy atom. The molecule has 0 radical (unpaired) electrons. The van der Waals surface area contributed by atoms with Gasteiger partial charge in [-0.05, 0) is 13.8 Å². The fraction of sp³-hybridized carbons (Fsp3) is 0.667. The average molecular weight is 270 g/mol. The first-order chi connectivity index (χ1) is 4.95. The Kier molecular flexibility index (Phi) is 13.9. The number of rotatable bonds is 3. The molecule has 0 saturated heterocycles. The minimum Gasteiger partial charge on any atom is -1.00 e. The summed E-state index contributed by atoms with van der Waals surface area (Å²) >= 11 is 0. The summed E-state index contributed by atoms with van der Waals surface area (Å²) < 4.78 is 4.28. The van der Waals surface area contributed by atoms with Crippen LogP contribution in [0.3, 0.4) is 0 Å². The molecule has 70 valence electrons. The van der Waals surface area contributed by atoms with E-state index in [0.717, 1.165) is 0 Å². The van der Waals surface area contributed by atoms with Crippen LogP contribution in [-0.2, 0) is 33.8 Å². The van der Waals surface area contributed by atoms with Crippen LogP contribution < -0.4 is 0 Å². The first kappa shape index (κ1) is 19.4. The molecule has 0 rings (SSSR count). The minimum absolute atomic E-state index is 0. The predicted octanol–water partition coefficient (Wildman–Crippen LogP) is -0.775. The van der Waals surface area contributed by atoms with Crippen molar-refractivity contribution in [2.45, 2.75) is 26.1 Å². The molecule has 2 N–H and O–H groups in total. The van der Waals surface area contributed by atoms with E-state index in [0.29, 0.717) is 0 Å². The van der Waals surface area contributed by atoms with Crippen molar-refractivity contribution in [3.63, 3.8) is 0 Å². The van der Waals surface area contributed by atoms with Gasteiger partial charge in [0.05, 0.1) is 0 Å². The number of hydrogen-bond donors (Lipinski definition) is 2. The summed E-state index contributed by atoms with van der Waals surface area (Å²) in [5, 5.41) is 16.8. The quantitative estimate of drug-likeness (QED) is 0.519. The van der Waals surface area contributed by atoms with E-state index in [-0.39, 0.29) is 60.1 Å². The normalized spacial score (nSPS) is 12.8. The number of carboxylic acid groups (broad SMARTS) is 1. The summed E-state index contributed by atoms with van der Waals surface area (Å²) in [4.78, 5) is 20.6. The second kappa shape index (κ2) is 9.34. The standard InChI is InChI=1S/C6H10O5.Ca.Zn.2H/c1-3(7)6(10)11-4(2)5(8)9;;;;/h3-4,7H,1-2H3,(H,8,9);;;;/q;+2;;2*-1. The predicted molar refractivity (Wildman–Crippen MR) is 42.8 cm³/mol. The summed E-state index contributed by atoms with van der Waals surface area (Å²) in [5.41, 5.74) is 0. The Morgan fingerprint density at radius 2 is 1.77 bits per heavy atom. The van der Waals surface area contributed by atoms with Crippen molar-refractivity contribution < 1.29 is 46.9 Å². The summed E-state index contributed by atoms with van der Waals surface area (Å²) in [6.07, 6.45) is -2.49. The molecule has 13 heavy (non-hydrogen) atoms. The minimum atomic E-state index is -1.28. The fourth-order valence-corrected chi connectivity index (χ4v) is 0.323. The number of aliphatic hydroxyl groups excluding tert-OH is 1. The Labute approximate surface area is 122 Å². The van der Waals surface area contributed by atoms with E-state index in [9.17, 15) is 9.59 Å². The summed E-state index contributed by atoms with van der Waals surface area (Å²) in [7, 11) is 0. The second-order valence-corrected chi connectivity index (χ2v) is 2.09. The molecule has 5 nitrogen and oxygen atoms in total. The van der Waals surface area contributed by atoms with Gasteiger partial charge in [-0.1, -0.05) is 0 Å². The van der Waals surface area contributed by atoms with E-state index in [2.05, 4.69) is 4.74 Å². The zero-order valence-electron chi connectivity index (χ0n) is 9.69. The van der Waals surface area contributed by atoms with Gasteiger partial charge >= 0.3 is 49.7 Å². The molecule has 0 aromatic carbocycles. The number of ether oxygens (including phenoxy) is 1. The van der Waals surface area contributed by atoms with Gasteiger partial charge in [0.2, 0.25) is 0 Å². The van der Waals surface area contributed by atoms with E-state index in [4.69, 9.17) is 10.2 Å². The third-order valence-electron chi connectivity index (χ3n) is 0.982. The monoisotopic (exact) mass is 268 g/mol. The van der Waals surface area contributed by atoms with Crippen molar-refractivity contribution in [3.05, 3.63) is 0 Å². The van der Waals surface area contributed by atoms with E-state index in [1.165, 1.54) is 13.8 Å². The zero-order valence-corrected chi connectivity index (χ0v) is 12.9. The van der Waals surface area contributed by atoms with Gasteiger partial charge in [-0.3, -0.25) is 0 Å². The van der Waals surface area contributed by atoms with Crippen molar-refractivity contribution in [2.75, 3.05) is 0 Å². The number of carboxylic acids is 1. The van der Waals surface area contributed by atoms with Crippen LogP contribution in [0.25, 0.3) is 0 Å². The molecule has 0 aliphatic heterocycles. The Bertz CT molecular complexity index is 181.